The van der Waals surface area contributed by atoms with E-state index in [2.05, 4.69) is 37.4 Å². The first-order valence-electron chi connectivity index (χ1n) is 22.0. The number of unbranched alkanes of at least 4 members (excludes halogenated alkanes) is 22. The zero-order chi connectivity index (χ0) is 38.8. The summed E-state index contributed by atoms with van der Waals surface area (Å²) in [5.41, 5.74) is 0. The van der Waals surface area contributed by atoms with E-state index in [1.54, 1.807) is 0 Å². The third kappa shape index (κ3) is 34.9. The average molecular weight is 773 g/mol. The average Bonchev–Trinajstić information content (AvgIpc) is 3.87. The second-order valence-electron chi connectivity index (χ2n) is 15.9. The Hall–Kier alpha value is -1.25. The number of ether oxygens (including phenoxy) is 3. The lowest BCUT2D eigenvalue weighted by Crippen LogP contribution is -2.29. The molecule has 0 spiro atoms. The van der Waals surface area contributed by atoms with Crippen LogP contribution in [0.4, 0.5) is 0 Å². The molecule has 1 aliphatic heterocycles. The molecule has 1 saturated heterocycles. The van der Waals surface area contributed by atoms with Crippen molar-refractivity contribution in [2.24, 2.45) is 5.92 Å². The maximum Gasteiger partial charge on any atom is 0.469 e. The molecule has 0 amide bonds. The fourth-order valence-corrected chi connectivity index (χ4v) is 7.10. The standard InChI is InChI=1S/C43H81O9P/c1-4-5-26-32-40-41(52-40)33-28-23-19-16-17-20-24-29-34-42(44)49-36-39(37-50-53(46,47)48)51-43(45)35-30-25-21-15-13-11-9-7-6-8-10-12-14-18-22-27-31-38(2)3/h23,28,38-41H,4-22,24-27,29-37H2,1-3H3,(H2,46,47,48)/b28-23-/t39-,40?,41?/m1/s1. The van der Waals surface area contributed by atoms with Crippen LogP contribution in [-0.4, -0.2) is 53.3 Å². The summed E-state index contributed by atoms with van der Waals surface area (Å²) in [4.78, 5) is 42.9. The molecule has 9 nitrogen and oxygen atoms in total. The summed E-state index contributed by atoms with van der Waals surface area (Å²) in [7, 11) is -4.76. The molecule has 2 unspecified atom stereocenters. The largest absolute Gasteiger partial charge is 0.469 e. The Balaban J connectivity index is 2.02. The van der Waals surface area contributed by atoms with Gasteiger partial charge < -0.3 is 24.0 Å². The van der Waals surface area contributed by atoms with Crippen molar-refractivity contribution >= 4 is 19.8 Å². The Bertz CT molecular complexity index is 950. The molecule has 0 aliphatic carbocycles. The minimum atomic E-state index is -4.76. The lowest BCUT2D eigenvalue weighted by molar-refractivity contribution is -0.161. The summed E-state index contributed by atoms with van der Waals surface area (Å²) < 4.78 is 32.2. The smallest absolute Gasteiger partial charge is 0.462 e. The fraction of sp³-hybridized carbons (Fsp3) is 0.907. The molecule has 1 aliphatic rings. The van der Waals surface area contributed by atoms with Gasteiger partial charge in [-0.25, -0.2) is 4.57 Å². The highest BCUT2D eigenvalue weighted by Gasteiger charge is 2.36. The molecule has 312 valence electrons. The quantitative estimate of drug-likeness (QED) is 0.0206. The molecule has 1 heterocycles. The van der Waals surface area contributed by atoms with Crippen LogP contribution in [0.5, 0.6) is 0 Å². The number of rotatable bonds is 39. The SMILES string of the molecule is CCCCCC1OC1C/C=C\CCCCCCCC(=O)OC[C@H](COP(=O)(O)O)OC(=O)CCCCCCCCCCCCCCCCCCC(C)C. The molecule has 0 aromatic carbocycles. The molecule has 1 fully saturated rings. The first-order valence-corrected chi connectivity index (χ1v) is 23.5. The van der Waals surface area contributed by atoms with Crippen LogP contribution in [0, 0.1) is 5.92 Å². The van der Waals surface area contributed by atoms with Crippen molar-refractivity contribution in [3.63, 3.8) is 0 Å². The number of phosphoric ester groups is 1. The Kier molecular flexibility index (Phi) is 32.0. The van der Waals surface area contributed by atoms with E-state index in [1.807, 2.05) is 0 Å². The number of esters is 2. The molecular formula is C43H81O9P. The molecular weight excluding hydrogens is 691 g/mol. The van der Waals surface area contributed by atoms with E-state index in [0.717, 1.165) is 63.7 Å². The third-order valence-corrected chi connectivity index (χ3v) is 10.6. The summed E-state index contributed by atoms with van der Waals surface area (Å²) in [5, 5.41) is 0. The fourth-order valence-electron chi connectivity index (χ4n) is 6.74. The van der Waals surface area contributed by atoms with Crippen molar-refractivity contribution in [2.45, 2.75) is 232 Å². The number of allylic oxidation sites excluding steroid dienone is 1. The van der Waals surface area contributed by atoms with Crippen LogP contribution >= 0.6 is 7.82 Å². The number of phosphoric acid groups is 1. The van der Waals surface area contributed by atoms with Crippen molar-refractivity contribution in [1.29, 1.82) is 0 Å². The van der Waals surface area contributed by atoms with E-state index < -0.39 is 32.5 Å². The molecule has 0 bridgehead atoms. The predicted molar refractivity (Wildman–Crippen MR) is 216 cm³/mol. The van der Waals surface area contributed by atoms with Crippen molar-refractivity contribution in [1.82, 2.24) is 0 Å². The van der Waals surface area contributed by atoms with E-state index in [-0.39, 0.29) is 19.4 Å². The summed E-state index contributed by atoms with van der Waals surface area (Å²) in [6.45, 7) is 6.01. The van der Waals surface area contributed by atoms with Crippen LogP contribution in [0.1, 0.15) is 213 Å². The van der Waals surface area contributed by atoms with Crippen LogP contribution in [0.15, 0.2) is 12.2 Å². The van der Waals surface area contributed by atoms with Gasteiger partial charge in [0, 0.05) is 12.8 Å². The zero-order valence-electron chi connectivity index (χ0n) is 34.3. The lowest BCUT2D eigenvalue weighted by atomic mass is 10.0. The molecule has 0 aromatic heterocycles. The molecule has 10 heteroatoms. The Morgan fingerprint density at radius 1 is 0.642 bits per heavy atom. The summed E-state index contributed by atoms with van der Waals surface area (Å²) in [5.74, 6) is -0.0569. The van der Waals surface area contributed by atoms with Crippen LogP contribution in [0.3, 0.4) is 0 Å². The Morgan fingerprint density at radius 3 is 1.68 bits per heavy atom. The van der Waals surface area contributed by atoms with Crippen molar-refractivity contribution in [3.05, 3.63) is 12.2 Å². The highest BCUT2D eigenvalue weighted by Crippen LogP contribution is 2.36. The van der Waals surface area contributed by atoms with Gasteiger partial charge in [-0.2, -0.15) is 0 Å². The van der Waals surface area contributed by atoms with E-state index in [9.17, 15) is 14.2 Å². The summed E-state index contributed by atoms with van der Waals surface area (Å²) >= 11 is 0. The van der Waals surface area contributed by atoms with Crippen LogP contribution < -0.4 is 0 Å². The molecule has 0 saturated carbocycles. The minimum absolute atomic E-state index is 0.211. The topological polar surface area (TPSA) is 132 Å². The van der Waals surface area contributed by atoms with Crippen molar-refractivity contribution in [3.8, 4) is 0 Å². The number of epoxide rings is 1. The van der Waals surface area contributed by atoms with Crippen LogP contribution in [0.25, 0.3) is 0 Å². The highest BCUT2D eigenvalue weighted by atomic mass is 31.2. The molecule has 1 rings (SSSR count). The van der Waals surface area contributed by atoms with Gasteiger partial charge in [0.2, 0.25) is 0 Å². The molecule has 3 atom stereocenters. The van der Waals surface area contributed by atoms with Gasteiger partial charge in [0.1, 0.15) is 6.61 Å². The zero-order valence-corrected chi connectivity index (χ0v) is 35.2. The lowest BCUT2D eigenvalue weighted by Gasteiger charge is -2.18. The monoisotopic (exact) mass is 773 g/mol. The van der Waals surface area contributed by atoms with Gasteiger partial charge in [-0.15, -0.1) is 0 Å². The van der Waals surface area contributed by atoms with E-state index in [0.29, 0.717) is 25.0 Å². The van der Waals surface area contributed by atoms with Gasteiger partial charge in [-0.05, 0) is 44.4 Å². The van der Waals surface area contributed by atoms with Gasteiger partial charge in [0.05, 0.1) is 18.8 Å². The number of hydrogen-bond acceptors (Lipinski definition) is 7. The third-order valence-electron chi connectivity index (χ3n) is 10.1. The van der Waals surface area contributed by atoms with E-state index in [4.69, 9.17) is 24.0 Å². The summed E-state index contributed by atoms with van der Waals surface area (Å²) in [6, 6.07) is 0. The number of carbonyl (C=O) groups excluding carboxylic acids is 2. The first kappa shape index (κ1) is 49.8. The maximum atomic E-state index is 12.4. The van der Waals surface area contributed by atoms with Gasteiger partial charge >= 0.3 is 19.8 Å². The van der Waals surface area contributed by atoms with E-state index in [1.165, 1.54) is 109 Å². The second-order valence-corrected chi connectivity index (χ2v) is 17.1. The number of hydrogen-bond donors (Lipinski definition) is 2. The van der Waals surface area contributed by atoms with Gasteiger partial charge in [-0.1, -0.05) is 174 Å². The summed E-state index contributed by atoms with van der Waals surface area (Å²) in [6.07, 6.45) is 38.2. The van der Waals surface area contributed by atoms with E-state index >= 15 is 0 Å². The van der Waals surface area contributed by atoms with Gasteiger partial charge in [0.15, 0.2) is 6.10 Å². The van der Waals surface area contributed by atoms with Crippen LogP contribution in [-0.2, 0) is 32.9 Å². The van der Waals surface area contributed by atoms with Crippen molar-refractivity contribution in [2.75, 3.05) is 13.2 Å². The maximum absolute atomic E-state index is 12.4. The Morgan fingerprint density at radius 2 is 1.15 bits per heavy atom. The predicted octanol–water partition coefficient (Wildman–Crippen LogP) is 12.3. The van der Waals surface area contributed by atoms with Gasteiger partial charge in [0.25, 0.3) is 0 Å². The van der Waals surface area contributed by atoms with Crippen molar-refractivity contribution < 1.29 is 42.7 Å². The molecule has 53 heavy (non-hydrogen) atoms. The first-order chi connectivity index (χ1) is 25.6. The molecule has 2 N–H and O–H groups in total. The number of carbonyl (C=O) groups is 2. The normalized spacial score (nSPS) is 16.4. The Labute approximate surface area is 324 Å². The molecule has 0 radical (unpaired) electrons. The molecule has 0 aromatic rings. The minimum Gasteiger partial charge on any atom is -0.462 e. The second kappa shape index (κ2) is 34.0. The highest BCUT2D eigenvalue weighted by molar-refractivity contribution is 7.46. The van der Waals surface area contributed by atoms with Crippen LogP contribution in [0.2, 0.25) is 0 Å². The van der Waals surface area contributed by atoms with Gasteiger partial charge in [-0.3, -0.25) is 14.1 Å².